The van der Waals surface area contributed by atoms with Crippen molar-refractivity contribution in [2.45, 2.75) is 0 Å². The van der Waals surface area contributed by atoms with Crippen molar-refractivity contribution in [3.05, 3.63) is 35.4 Å². The average Bonchev–Trinajstić information content (AvgIpc) is 1.84. The highest BCUT2D eigenvalue weighted by Crippen LogP contribution is 2.22. The van der Waals surface area contributed by atoms with Gasteiger partial charge in [0.15, 0.2) is 0 Å². The quantitative estimate of drug-likeness (QED) is 0.593. The fourth-order valence-electron chi connectivity index (χ4n) is 0.219. The van der Waals surface area contributed by atoms with Crippen LogP contribution in [0.4, 0.5) is 8.78 Å². The normalized spacial score (nSPS) is 12.3. The minimum atomic E-state index is -0.840. The highest BCUT2D eigenvalue weighted by atomic mass is 79.9. The lowest BCUT2D eigenvalue weighted by Gasteiger charge is -1.90. The Morgan fingerprint density at radius 1 is 1.44 bits per heavy atom. The largest absolute Gasteiger partial charge is 0.206 e. The first-order chi connectivity index (χ1) is 4.09. The number of hydrogen-bond acceptors (Lipinski definition) is 0. The summed E-state index contributed by atoms with van der Waals surface area (Å²) in [6, 6.07) is 0. The van der Waals surface area contributed by atoms with Crippen molar-refractivity contribution in [1.29, 1.82) is 0 Å². The highest BCUT2D eigenvalue weighted by molar-refractivity contribution is 9.12. The minimum absolute atomic E-state index is 0.280. The summed E-state index contributed by atoms with van der Waals surface area (Å²) in [7, 11) is 0. The first kappa shape index (κ1) is 8.56. The van der Waals surface area contributed by atoms with E-state index in [-0.39, 0.29) is 4.48 Å². The summed E-state index contributed by atoms with van der Waals surface area (Å²) in [5.41, 5.74) is 0. The van der Waals surface area contributed by atoms with E-state index in [2.05, 4.69) is 29.1 Å². The molecule has 0 aliphatic rings. The summed E-state index contributed by atoms with van der Waals surface area (Å²) in [6.45, 7) is 5.96. The monoisotopic (exact) mass is 194 g/mol. The zero-order valence-electron chi connectivity index (χ0n) is 4.63. The molecule has 0 aromatic carbocycles. The van der Waals surface area contributed by atoms with Gasteiger partial charge in [-0.3, -0.25) is 0 Å². The third kappa shape index (κ3) is 2.56. The van der Waals surface area contributed by atoms with Crippen LogP contribution in [-0.2, 0) is 0 Å². The first-order valence-electron chi connectivity index (χ1n) is 2.12. The SMILES string of the molecule is C=C/C(F)=C(/Br)C(=C)F. The van der Waals surface area contributed by atoms with E-state index in [4.69, 9.17) is 0 Å². The molecule has 0 fully saturated rings. The second-order valence-electron chi connectivity index (χ2n) is 1.27. The van der Waals surface area contributed by atoms with E-state index in [1.165, 1.54) is 0 Å². The van der Waals surface area contributed by atoms with Crippen LogP contribution in [0.5, 0.6) is 0 Å². The second-order valence-corrected chi connectivity index (χ2v) is 2.06. The maximum Gasteiger partial charge on any atom is 0.139 e. The topological polar surface area (TPSA) is 0 Å². The fraction of sp³-hybridized carbons (Fsp3) is 0. The van der Waals surface area contributed by atoms with Crippen molar-refractivity contribution in [3.63, 3.8) is 0 Å². The van der Waals surface area contributed by atoms with Crippen LogP contribution < -0.4 is 0 Å². The average molecular weight is 195 g/mol. The molecule has 0 saturated carbocycles. The number of rotatable bonds is 2. The van der Waals surface area contributed by atoms with Gasteiger partial charge in [-0.2, -0.15) is 0 Å². The van der Waals surface area contributed by atoms with E-state index >= 15 is 0 Å². The molecule has 0 radical (unpaired) electrons. The third-order valence-corrected chi connectivity index (χ3v) is 1.44. The molecule has 0 atom stereocenters. The standard InChI is InChI=1S/C6H5BrF2/c1-3-5(9)6(7)4(2)8/h3H,1-2H2/b6-5-. The summed E-state index contributed by atoms with van der Waals surface area (Å²) in [4.78, 5) is 0. The molecule has 0 aromatic rings. The van der Waals surface area contributed by atoms with Gasteiger partial charge in [0.25, 0.3) is 0 Å². The predicted octanol–water partition coefficient (Wildman–Crippen LogP) is 3.23. The molecule has 3 heteroatoms. The van der Waals surface area contributed by atoms with Crippen LogP contribution in [0.1, 0.15) is 0 Å². The Morgan fingerprint density at radius 3 is 2.00 bits per heavy atom. The molecule has 0 aliphatic heterocycles. The van der Waals surface area contributed by atoms with Crippen molar-refractivity contribution < 1.29 is 8.78 Å². The molecule has 0 heterocycles. The van der Waals surface area contributed by atoms with E-state index in [1.54, 1.807) is 0 Å². The smallest absolute Gasteiger partial charge is 0.139 e. The summed E-state index contributed by atoms with van der Waals surface area (Å²) in [5, 5.41) is 0. The van der Waals surface area contributed by atoms with Gasteiger partial charge in [-0.05, 0) is 22.0 Å². The molecule has 0 bridgehead atoms. The van der Waals surface area contributed by atoms with Crippen molar-refractivity contribution in [2.75, 3.05) is 0 Å². The van der Waals surface area contributed by atoms with E-state index in [0.29, 0.717) is 0 Å². The van der Waals surface area contributed by atoms with Gasteiger partial charge >= 0.3 is 0 Å². The van der Waals surface area contributed by atoms with Gasteiger partial charge in [0, 0.05) is 0 Å². The summed E-state index contributed by atoms with van der Waals surface area (Å²) < 4.78 is 23.9. The highest BCUT2D eigenvalue weighted by Gasteiger charge is 2.01. The van der Waals surface area contributed by atoms with Gasteiger partial charge in [-0.1, -0.05) is 13.2 Å². The van der Waals surface area contributed by atoms with Gasteiger partial charge in [-0.15, -0.1) is 0 Å². The van der Waals surface area contributed by atoms with Crippen LogP contribution in [0, 0.1) is 0 Å². The van der Waals surface area contributed by atoms with Crippen molar-refractivity contribution in [1.82, 2.24) is 0 Å². The zero-order valence-corrected chi connectivity index (χ0v) is 6.21. The van der Waals surface area contributed by atoms with Crippen LogP contribution in [-0.4, -0.2) is 0 Å². The molecule has 0 spiro atoms. The Morgan fingerprint density at radius 2 is 1.89 bits per heavy atom. The molecule has 0 N–H and O–H groups in total. The number of hydrogen-bond donors (Lipinski definition) is 0. The lowest BCUT2D eigenvalue weighted by Crippen LogP contribution is -1.73. The molecule has 0 rings (SSSR count). The van der Waals surface area contributed by atoms with Crippen LogP contribution in [0.2, 0.25) is 0 Å². The second kappa shape index (κ2) is 3.56. The minimum Gasteiger partial charge on any atom is -0.206 e. The van der Waals surface area contributed by atoms with Gasteiger partial charge in [0.2, 0.25) is 0 Å². The molecule has 9 heavy (non-hydrogen) atoms. The van der Waals surface area contributed by atoms with Crippen LogP contribution in [0.15, 0.2) is 35.4 Å². The van der Waals surface area contributed by atoms with Gasteiger partial charge in [0.05, 0.1) is 4.48 Å². The van der Waals surface area contributed by atoms with Gasteiger partial charge < -0.3 is 0 Å². The van der Waals surface area contributed by atoms with E-state index in [9.17, 15) is 8.78 Å². The Kier molecular flexibility index (Phi) is 3.39. The van der Waals surface area contributed by atoms with Crippen LogP contribution in [0.25, 0.3) is 0 Å². The van der Waals surface area contributed by atoms with Crippen molar-refractivity contribution in [2.24, 2.45) is 0 Å². The number of halogens is 3. The van der Waals surface area contributed by atoms with Crippen molar-refractivity contribution >= 4 is 15.9 Å². The van der Waals surface area contributed by atoms with Gasteiger partial charge in [-0.25, -0.2) is 8.78 Å². The molecule has 0 aliphatic carbocycles. The van der Waals surface area contributed by atoms with E-state index in [0.717, 1.165) is 6.08 Å². The molecular formula is C6H5BrF2. The molecule has 0 amide bonds. The Labute approximate surface area is 60.7 Å². The Bertz CT molecular complexity index is 170. The zero-order chi connectivity index (χ0) is 7.44. The molecule has 0 aromatic heterocycles. The van der Waals surface area contributed by atoms with Crippen LogP contribution >= 0.6 is 15.9 Å². The summed E-state index contributed by atoms with van der Waals surface area (Å²) in [6.07, 6.45) is 0.898. The lowest BCUT2D eigenvalue weighted by atomic mass is 10.4. The number of allylic oxidation sites excluding steroid dienone is 4. The molecule has 0 saturated heterocycles. The molecule has 0 unspecified atom stereocenters. The van der Waals surface area contributed by atoms with Crippen LogP contribution in [0.3, 0.4) is 0 Å². The molecule has 0 nitrogen and oxygen atoms in total. The Hall–Kier alpha value is -0.440. The lowest BCUT2D eigenvalue weighted by molar-refractivity contribution is 0.630. The first-order valence-corrected chi connectivity index (χ1v) is 2.91. The maximum absolute atomic E-state index is 12.2. The Balaban J connectivity index is 4.47. The van der Waals surface area contributed by atoms with Gasteiger partial charge in [0.1, 0.15) is 11.7 Å². The summed E-state index contributed by atoms with van der Waals surface area (Å²) >= 11 is 2.63. The predicted molar refractivity (Wildman–Crippen MR) is 37.5 cm³/mol. The van der Waals surface area contributed by atoms with E-state index in [1.807, 2.05) is 0 Å². The molecular weight excluding hydrogens is 190 g/mol. The molecule has 50 valence electrons. The fourth-order valence-corrected chi connectivity index (χ4v) is 0.381. The van der Waals surface area contributed by atoms with Crippen molar-refractivity contribution in [3.8, 4) is 0 Å². The third-order valence-electron chi connectivity index (χ3n) is 0.627. The van der Waals surface area contributed by atoms with E-state index < -0.39 is 11.7 Å². The maximum atomic E-state index is 12.2. The summed E-state index contributed by atoms with van der Waals surface area (Å²) in [5.74, 6) is -1.59.